The number of nitrogens with two attached hydrogens (primary N) is 2. The lowest BCUT2D eigenvalue weighted by molar-refractivity contribution is 0.0988. The molecular weight excluding hydrogens is 504 g/mol. The van der Waals surface area contributed by atoms with Crippen LogP contribution in [0.15, 0.2) is 49.1 Å². The van der Waals surface area contributed by atoms with Gasteiger partial charge in [-0.1, -0.05) is 36.4 Å². The van der Waals surface area contributed by atoms with Gasteiger partial charge in [-0.05, 0) is 13.0 Å². The highest BCUT2D eigenvalue weighted by molar-refractivity contribution is 6.02. The van der Waals surface area contributed by atoms with E-state index in [1.54, 1.807) is 21.3 Å². The number of carbonyl (C=O) groups is 2. The van der Waals surface area contributed by atoms with Crippen molar-refractivity contribution >= 4 is 40.2 Å². The summed E-state index contributed by atoms with van der Waals surface area (Å²) in [6.45, 7) is 2.41. The average Bonchev–Trinajstić information content (AvgIpc) is 3.53. The number of hydrogen-bond donors (Lipinski definition) is 4. The first kappa shape index (κ1) is 27.0. The van der Waals surface area contributed by atoms with E-state index in [1.165, 1.54) is 12.7 Å². The summed E-state index contributed by atoms with van der Waals surface area (Å²) < 4.78 is 3.31. The third-order valence-corrected chi connectivity index (χ3v) is 5.44. The molecule has 4 aromatic heterocycles. The van der Waals surface area contributed by atoms with Gasteiger partial charge >= 0.3 is 0 Å². The Hall–Kier alpha value is -5.08. The Balaban J connectivity index is 0.000000183. The van der Waals surface area contributed by atoms with Crippen molar-refractivity contribution in [3.8, 4) is 11.4 Å². The number of nitrogens with zero attached hydrogens (tertiary/aromatic N) is 8. The molecule has 2 amide bonds. The number of carbonyl (C=O) groups excluding carboxylic acids is 2. The van der Waals surface area contributed by atoms with Crippen molar-refractivity contribution in [2.45, 2.75) is 20.0 Å². The second-order valence-corrected chi connectivity index (χ2v) is 8.09. The Morgan fingerprint density at radius 3 is 1.87 bits per heavy atom. The van der Waals surface area contributed by atoms with Gasteiger partial charge in [0.25, 0.3) is 11.8 Å². The van der Waals surface area contributed by atoms with Crippen LogP contribution in [0.5, 0.6) is 0 Å². The van der Waals surface area contributed by atoms with Gasteiger partial charge in [0.15, 0.2) is 34.3 Å². The van der Waals surface area contributed by atoms with E-state index < -0.39 is 11.8 Å². The Morgan fingerprint density at radius 2 is 1.36 bits per heavy atom. The van der Waals surface area contributed by atoms with Crippen LogP contribution in [0.4, 0.5) is 0 Å². The second kappa shape index (κ2) is 12.0. The van der Waals surface area contributed by atoms with Gasteiger partial charge in [-0.15, -0.1) is 0 Å². The molecule has 0 unspecified atom stereocenters. The quantitative estimate of drug-likeness (QED) is 0.218. The van der Waals surface area contributed by atoms with Crippen LogP contribution in [0, 0.1) is 0 Å². The Bertz CT molecular complexity index is 1660. The molecule has 0 atom stereocenters. The van der Waals surface area contributed by atoms with Crippen LogP contribution in [-0.2, 0) is 13.1 Å². The lowest BCUT2D eigenvalue weighted by Crippen LogP contribution is -2.15. The highest BCUT2D eigenvalue weighted by Gasteiger charge is 2.18. The summed E-state index contributed by atoms with van der Waals surface area (Å²) in [5, 5.41) is 18.0. The van der Waals surface area contributed by atoms with E-state index in [-0.39, 0.29) is 24.6 Å². The molecule has 14 nitrogen and oxygen atoms in total. The number of primary amides is 2. The fourth-order valence-corrected chi connectivity index (χ4v) is 3.73. The van der Waals surface area contributed by atoms with E-state index >= 15 is 0 Å². The third kappa shape index (κ3) is 5.76. The van der Waals surface area contributed by atoms with Crippen molar-refractivity contribution in [3.05, 3.63) is 66.3 Å². The summed E-state index contributed by atoms with van der Waals surface area (Å²) in [6.07, 6.45) is 6.44. The lowest BCUT2D eigenvalue weighted by atomic mass is 10.2. The van der Waals surface area contributed by atoms with E-state index in [2.05, 4.69) is 29.9 Å². The minimum Gasteiger partial charge on any atom is -0.395 e. The Morgan fingerprint density at radius 1 is 0.821 bits per heavy atom. The molecule has 0 aliphatic heterocycles. The van der Waals surface area contributed by atoms with Gasteiger partial charge in [-0.2, -0.15) is 0 Å². The number of aliphatic hydroxyl groups excluding tert-OH is 2. The zero-order valence-corrected chi connectivity index (χ0v) is 21.0. The monoisotopic (exact) mass is 530 g/mol. The van der Waals surface area contributed by atoms with E-state index in [1.807, 2.05) is 37.3 Å². The molecular formula is C25H26N10O4. The van der Waals surface area contributed by atoms with Crippen molar-refractivity contribution in [3.63, 3.8) is 0 Å². The zero-order chi connectivity index (χ0) is 27.9. The summed E-state index contributed by atoms with van der Waals surface area (Å²) in [5.74, 6) is -0.522. The molecule has 5 aromatic rings. The molecule has 5 rings (SSSR count). The van der Waals surface area contributed by atoms with Gasteiger partial charge in [-0.25, -0.2) is 29.9 Å². The lowest BCUT2D eigenvalue weighted by Gasteiger charge is -2.05. The highest BCUT2D eigenvalue weighted by Crippen LogP contribution is 2.21. The normalized spacial score (nSPS) is 11.2. The Kier molecular flexibility index (Phi) is 8.28. The minimum atomic E-state index is -0.658. The molecule has 14 heteroatoms. The van der Waals surface area contributed by atoms with Crippen molar-refractivity contribution in [2.24, 2.45) is 11.5 Å². The topological polar surface area (TPSA) is 214 Å². The van der Waals surface area contributed by atoms with E-state index in [0.29, 0.717) is 47.1 Å². The maximum Gasteiger partial charge on any atom is 0.269 e. The second-order valence-electron chi connectivity index (χ2n) is 8.09. The van der Waals surface area contributed by atoms with Crippen LogP contribution in [-0.4, -0.2) is 74.3 Å². The molecule has 0 saturated heterocycles. The number of aromatic nitrogens is 8. The molecule has 1 aromatic carbocycles. The van der Waals surface area contributed by atoms with Crippen LogP contribution in [0.3, 0.4) is 0 Å². The summed E-state index contributed by atoms with van der Waals surface area (Å²) in [5.41, 5.74) is 13.3. The first-order chi connectivity index (χ1) is 18.9. The van der Waals surface area contributed by atoms with Crippen LogP contribution >= 0.6 is 0 Å². The molecule has 0 fully saturated rings. The molecule has 0 spiro atoms. The molecule has 0 aliphatic rings. The first-order valence-corrected chi connectivity index (χ1v) is 11.8. The number of imidazole rings is 2. The van der Waals surface area contributed by atoms with Gasteiger partial charge in [0.05, 0.1) is 25.9 Å². The van der Waals surface area contributed by atoms with Crippen LogP contribution < -0.4 is 11.5 Å². The van der Waals surface area contributed by atoms with E-state index in [4.69, 9.17) is 21.7 Å². The number of aliphatic hydroxyl groups is 2. The van der Waals surface area contributed by atoms with Crippen molar-refractivity contribution in [2.75, 3.05) is 13.2 Å². The van der Waals surface area contributed by atoms with E-state index in [9.17, 15) is 9.59 Å². The van der Waals surface area contributed by atoms with Gasteiger partial charge < -0.3 is 30.8 Å². The number of rotatable bonds is 8. The fraction of sp³-hybridized carbons (Fsp3) is 0.200. The van der Waals surface area contributed by atoms with Crippen LogP contribution in [0.2, 0.25) is 0 Å². The molecule has 0 aliphatic carbocycles. The Labute approximate surface area is 221 Å². The maximum absolute atomic E-state index is 11.6. The summed E-state index contributed by atoms with van der Waals surface area (Å²) in [6, 6.07) is 9.29. The molecule has 39 heavy (non-hydrogen) atoms. The van der Waals surface area contributed by atoms with Crippen molar-refractivity contribution in [1.29, 1.82) is 0 Å². The minimum absolute atomic E-state index is 0.0414. The maximum atomic E-state index is 11.6. The number of hydrogen-bond acceptors (Lipinski definition) is 10. The predicted octanol–water partition coefficient (Wildman–Crippen LogP) is 0.535. The number of amides is 2. The molecule has 0 saturated carbocycles. The fourth-order valence-electron chi connectivity index (χ4n) is 3.73. The molecule has 6 N–H and O–H groups in total. The smallest absolute Gasteiger partial charge is 0.269 e. The molecule has 4 heterocycles. The van der Waals surface area contributed by atoms with E-state index in [0.717, 1.165) is 5.56 Å². The van der Waals surface area contributed by atoms with Gasteiger partial charge in [0.1, 0.15) is 11.0 Å². The predicted molar refractivity (Wildman–Crippen MR) is 142 cm³/mol. The summed E-state index contributed by atoms with van der Waals surface area (Å²) in [4.78, 5) is 48.1. The van der Waals surface area contributed by atoms with Crippen LogP contribution in [0.1, 0.15) is 33.7 Å². The van der Waals surface area contributed by atoms with Crippen LogP contribution in [0.25, 0.3) is 39.8 Å². The molecule has 0 bridgehead atoms. The van der Waals surface area contributed by atoms with Gasteiger partial charge in [0.2, 0.25) is 0 Å². The molecule has 200 valence electrons. The zero-order valence-electron chi connectivity index (χ0n) is 21.0. The first-order valence-electron chi connectivity index (χ1n) is 11.8. The largest absolute Gasteiger partial charge is 0.395 e. The number of benzene rings is 1. The van der Waals surface area contributed by atoms with Gasteiger partial charge in [-0.3, -0.25) is 9.59 Å². The van der Waals surface area contributed by atoms with Crippen molar-refractivity contribution in [1.82, 2.24) is 39.0 Å². The number of fused-ring (bicyclic) bond motifs is 2. The average molecular weight is 531 g/mol. The standard InChI is InChI=1S/C14H13N5O2.C11H13N5O2/c15-12(21)10-11-14(19(6-7-20)8-16-11)18-13(17-10)9-4-2-1-3-5-9;1-2-3-7-14-8(10(12)18)9-11(15-7)16(4-5-17)6-13-9/h1-5,8,20H,6-7H2,(H2,15,21);2-3,6,17H,4-5H2,1H3,(H2,12,18). The summed E-state index contributed by atoms with van der Waals surface area (Å²) >= 11 is 0. The third-order valence-electron chi connectivity index (χ3n) is 5.44. The van der Waals surface area contributed by atoms with Gasteiger partial charge in [0, 0.05) is 18.7 Å². The molecule has 0 radical (unpaired) electrons. The summed E-state index contributed by atoms with van der Waals surface area (Å²) in [7, 11) is 0. The van der Waals surface area contributed by atoms with Crippen molar-refractivity contribution < 1.29 is 19.8 Å². The number of allylic oxidation sites excluding steroid dienone is 1. The SMILES string of the molecule is CC=Cc1nc(C(N)=O)c2ncn(CCO)c2n1.NC(=O)c1nc(-c2ccccc2)nc2c1ncn2CCO. The highest BCUT2D eigenvalue weighted by atomic mass is 16.3.